The molecule has 0 spiro atoms. The van der Waals surface area contributed by atoms with Gasteiger partial charge in [-0.05, 0) is 25.0 Å². The van der Waals surface area contributed by atoms with Gasteiger partial charge in [0, 0.05) is 13.1 Å². The minimum atomic E-state index is -0.530. The Morgan fingerprint density at radius 1 is 1.43 bits per heavy atom. The number of aryl methyl sites for hydroxylation is 1. The largest absolute Gasteiger partial charge is 0.466 e. The monoisotopic (exact) mass is 320 g/mol. The highest BCUT2D eigenvalue weighted by Crippen LogP contribution is 2.21. The van der Waals surface area contributed by atoms with E-state index in [1.165, 1.54) is 0 Å². The summed E-state index contributed by atoms with van der Waals surface area (Å²) in [6.45, 7) is 5.77. The lowest BCUT2D eigenvalue weighted by Gasteiger charge is -2.26. The Hall–Kier alpha value is -1.92. The van der Waals surface area contributed by atoms with Gasteiger partial charge in [0.15, 0.2) is 0 Å². The molecule has 2 atom stereocenters. The molecule has 1 heterocycles. The van der Waals surface area contributed by atoms with Crippen molar-refractivity contribution in [3.8, 4) is 0 Å². The third-order valence-corrected chi connectivity index (χ3v) is 3.78. The first-order chi connectivity index (χ1) is 11.1. The molecular formula is C17H24N2O4. The van der Waals surface area contributed by atoms with E-state index in [1.54, 1.807) is 6.92 Å². The minimum Gasteiger partial charge on any atom is -0.466 e. The van der Waals surface area contributed by atoms with Crippen LogP contribution in [-0.4, -0.2) is 44.3 Å². The maximum absolute atomic E-state index is 12.4. The van der Waals surface area contributed by atoms with Crippen molar-refractivity contribution in [3.63, 3.8) is 0 Å². The molecule has 1 aromatic carbocycles. The topological polar surface area (TPSA) is 76.7 Å². The number of ether oxygens (including phenoxy) is 2. The molecule has 2 N–H and O–H groups in total. The molecule has 1 aliphatic rings. The highest BCUT2D eigenvalue weighted by molar-refractivity contribution is 5.82. The summed E-state index contributed by atoms with van der Waals surface area (Å²) < 4.78 is 10.5. The molecule has 1 aliphatic heterocycles. The smallest absolute Gasteiger partial charge is 0.308 e. The molecule has 1 amide bonds. The number of carbonyl (C=O) groups is 2. The molecule has 126 valence electrons. The molecule has 0 aromatic heterocycles. The zero-order valence-electron chi connectivity index (χ0n) is 13.6. The van der Waals surface area contributed by atoms with Gasteiger partial charge in [-0.15, -0.1) is 0 Å². The van der Waals surface area contributed by atoms with Crippen LogP contribution in [0.2, 0.25) is 0 Å². The Bertz CT molecular complexity index is 541. The minimum absolute atomic E-state index is 0.102. The molecule has 1 aromatic rings. The third-order valence-electron chi connectivity index (χ3n) is 3.78. The Balaban J connectivity index is 2.11. The van der Waals surface area contributed by atoms with E-state index in [1.807, 2.05) is 31.2 Å². The lowest BCUT2D eigenvalue weighted by Crippen LogP contribution is -2.48. The van der Waals surface area contributed by atoms with E-state index < -0.39 is 12.1 Å². The van der Waals surface area contributed by atoms with Crippen LogP contribution in [0.4, 0.5) is 0 Å². The Morgan fingerprint density at radius 3 is 2.87 bits per heavy atom. The molecule has 0 saturated carbocycles. The summed E-state index contributed by atoms with van der Waals surface area (Å²) in [4.78, 5) is 24.3. The summed E-state index contributed by atoms with van der Waals surface area (Å²) in [5, 5.41) is 6.05. The maximum Gasteiger partial charge on any atom is 0.308 e. The van der Waals surface area contributed by atoms with Crippen molar-refractivity contribution in [1.82, 2.24) is 10.6 Å². The van der Waals surface area contributed by atoms with E-state index in [4.69, 9.17) is 9.47 Å². The fourth-order valence-electron chi connectivity index (χ4n) is 2.60. The summed E-state index contributed by atoms with van der Waals surface area (Å²) in [5.41, 5.74) is 1.93. The van der Waals surface area contributed by atoms with E-state index in [0.717, 1.165) is 17.7 Å². The number of esters is 1. The Labute approximate surface area is 136 Å². The average Bonchev–Trinajstić information content (AvgIpc) is 2.55. The predicted octanol–water partition coefficient (Wildman–Crippen LogP) is 1.09. The quantitative estimate of drug-likeness (QED) is 0.768. The van der Waals surface area contributed by atoms with Crippen LogP contribution in [0.5, 0.6) is 0 Å². The molecule has 2 rings (SSSR count). The molecule has 6 nitrogen and oxygen atoms in total. The van der Waals surface area contributed by atoms with Crippen molar-refractivity contribution in [2.45, 2.75) is 32.4 Å². The second kappa shape index (κ2) is 8.64. The van der Waals surface area contributed by atoms with E-state index in [0.29, 0.717) is 19.8 Å². The SMILES string of the molecule is CCOC(=O)CC(NC(=O)C1CNCCO1)c1ccccc1C. The number of hydrogen-bond acceptors (Lipinski definition) is 5. The van der Waals surface area contributed by atoms with Crippen molar-refractivity contribution in [3.05, 3.63) is 35.4 Å². The molecule has 1 fully saturated rings. The van der Waals surface area contributed by atoms with Gasteiger partial charge in [-0.25, -0.2) is 0 Å². The molecule has 6 heteroatoms. The number of nitrogens with one attached hydrogen (secondary N) is 2. The van der Waals surface area contributed by atoms with Crippen LogP contribution in [0, 0.1) is 6.92 Å². The maximum atomic E-state index is 12.4. The highest BCUT2D eigenvalue weighted by Gasteiger charge is 2.26. The second-order valence-corrected chi connectivity index (χ2v) is 5.49. The standard InChI is InChI=1S/C17H24N2O4/c1-3-22-16(20)10-14(13-7-5-4-6-12(13)2)19-17(21)15-11-18-8-9-23-15/h4-7,14-15,18H,3,8-11H2,1-2H3,(H,19,21). The zero-order valence-corrected chi connectivity index (χ0v) is 13.6. The fraction of sp³-hybridized carbons (Fsp3) is 0.529. The first-order valence-corrected chi connectivity index (χ1v) is 7.95. The first-order valence-electron chi connectivity index (χ1n) is 7.95. The number of rotatable bonds is 6. The number of benzene rings is 1. The van der Waals surface area contributed by atoms with E-state index >= 15 is 0 Å². The zero-order chi connectivity index (χ0) is 16.7. The summed E-state index contributed by atoms with van der Waals surface area (Å²) >= 11 is 0. The van der Waals surface area contributed by atoms with Crippen LogP contribution >= 0.6 is 0 Å². The lowest BCUT2D eigenvalue weighted by molar-refractivity contribution is -0.144. The van der Waals surface area contributed by atoms with Gasteiger partial charge < -0.3 is 20.1 Å². The highest BCUT2D eigenvalue weighted by atomic mass is 16.5. The lowest BCUT2D eigenvalue weighted by atomic mass is 9.98. The van der Waals surface area contributed by atoms with Gasteiger partial charge in [0.1, 0.15) is 6.10 Å². The molecule has 0 radical (unpaired) electrons. The Kier molecular flexibility index (Phi) is 6.55. The van der Waals surface area contributed by atoms with Crippen molar-refractivity contribution >= 4 is 11.9 Å². The molecule has 1 saturated heterocycles. The normalized spacial score (nSPS) is 19.0. The first kappa shape index (κ1) is 17.4. The van der Waals surface area contributed by atoms with E-state index in [2.05, 4.69) is 10.6 Å². The molecule has 0 bridgehead atoms. The number of carbonyl (C=O) groups excluding carboxylic acids is 2. The molecule has 0 aliphatic carbocycles. The number of amides is 1. The van der Waals surface area contributed by atoms with Gasteiger partial charge in [0.2, 0.25) is 0 Å². The van der Waals surface area contributed by atoms with Crippen molar-refractivity contribution in [2.75, 3.05) is 26.3 Å². The van der Waals surface area contributed by atoms with E-state index in [9.17, 15) is 9.59 Å². The van der Waals surface area contributed by atoms with Gasteiger partial charge in [0.25, 0.3) is 5.91 Å². The van der Waals surface area contributed by atoms with Crippen molar-refractivity contribution in [1.29, 1.82) is 0 Å². The molecule has 2 unspecified atom stereocenters. The van der Waals surface area contributed by atoms with Gasteiger partial charge in [-0.3, -0.25) is 9.59 Å². The third kappa shape index (κ3) is 5.04. The summed E-state index contributed by atoms with van der Waals surface area (Å²) in [6.07, 6.45) is -0.428. The van der Waals surface area contributed by atoms with Crippen molar-refractivity contribution < 1.29 is 19.1 Å². The van der Waals surface area contributed by atoms with E-state index in [-0.39, 0.29) is 18.3 Å². The van der Waals surface area contributed by atoms with Gasteiger partial charge in [-0.2, -0.15) is 0 Å². The van der Waals surface area contributed by atoms with Gasteiger partial charge in [0.05, 0.1) is 25.7 Å². The fourth-order valence-corrected chi connectivity index (χ4v) is 2.60. The van der Waals surface area contributed by atoms with Crippen molar-refractivity contribution in [2.24, 2.45) is 0 Å². The van der Waals surface area contributed by atoms with Gasteiger partial charge in [-0.1, -0.05) is 24.3 Å². The number of hydrogen-bond donors (Lipinski definition) is 2. The summed E-state index contributed by atoms with van der Waals surface area (Å²) in [5.74, 6) is -0.543. The average molecular weight is 320 g/mol. The Morgan fingerprint density at radius 2 is 2.22 bits per heavy atom. The van der Waals surface area contributed by atoms with Crippen LogP contribution in [0.3, 0.4) is 0 Å². The van der Waals surface area contributed by atoms with Crippen LogP contribution in [-0.2, 0) is 19.1 Å². The molecular weight excluding hydrogens is 296 g/mol. The number of morpholine rings is 1. The predicted molar refractivity (Wildman–Crippen MR) is 85.9 cm³/mol. The summed E-state index contributed by atoms with van der Waals surface area (Å²) in [7, 11) is 0. The van der Waals surface area contributed by atoms with Gasteiger partial charge >= 0.3 is 5.97 Å². The van der Waals surface area contributed by atoms with Crippen LogP contribution in [0.25, 0.3) is 0 Å². The molecule has 23 heavy (non-hydrogen) atoms. The van der Waals surface area contributed by atoms with Crippen LogP contribution < -0.4 is 10.6 Å². The van der Waals surface area contributed by atoms with Crippen LogP contribution in [0.1, 0.15) is 30.5 Å². The summed E-state index contributed by atoms with van der Waals surface area (Å²) in [6, 6.07) is 7.27. The van der Waals surface area contributed by atoms with Crippen LogP contribution in [0.15, 0.2) is 24.3 Å². The second-order valence-electron chi connectivity index (χ2n) is 5.49.